The first-order valence-electron chi connectivity index (χ1n) is 4.82. The van der Waals surface area contributed by atoms with E-state index in [1.165, 1.54) is 0 Å². The summed E-state index contributed by atoms with van der Waals surface area (Å²) in [6.07, 6.45) is 1.13. The van der Waals surface area contributed by atoms with Gasteiger partial charge in [0, 0.05) is 13.1 Å². The number of amides is 1. The molecular formula is C9H20N2O. The molecule has 3 nitrogen and oxygen atoms in total. The number of carbonyl (C=O) groups excluding carboxylic acids is 1. The molecule has 0 aromatic heterocycles. The molecule has 0 unspecified atom stereocenters. The maximum absolute atomic E-state index is 10.8. The van der Waals surface area contributed by atoms with Crippen LogP contribution in [0.4, 0.5) is 0 Å². The van der Waals surface area contributed by atoms with E-state index in [9.17, 15) is 4.79 Å². The lowest BCUT2D eigenvalue weighted by atomic mass is 10.3. The molecule has 3 heteroatoms. The van der Waals surface area contributed by atoms with Crippen LogP contribution in [0.15, 0.2) is 0 Å². The van der Waals surface area contributed by atoms with E-state index in [4.69, 9.17) is 0 Å². The van der Waals surface area contributed by atoms with Crippen LogP contribution in [-0.2, 0) is 4.79 Å². The highest BCUT2D eigenvalue weighted by Crippen LogP contribution is 1.93. The number of nitrogens with zero attached hydrogens (tertiary/aromatic N) is 1. The van der Waals surface area contributed by atoms with Crippen molar-refractivity contribution in [3.8, 4) is 0 Å². The molecule has 72 valence electrons. The lowest BCUT2D eigenvalue weighted by Crippen LogP contribution is -2.47. The van der Waals surface area contributed by atoms with Gasteiger partial charge in [-0.2, -0.15) is 0 Å². The third-order valence-corrected chi connectivity index (χ3v) is 1.66. The van der Waals surface area contributed by atoms with E-state index in [-0.39, 0.29) is 5.91 Å². The van der Waals surface area contributed by atoms with Crippen LogP contribution in [0.5, 0.6) is 0 Å². The van der Waals surface area contributed by atoms with E-state index in [0.29, 0.717) is 6.54 Å². The van der Waals surface area contributed by atoms with Gasteiger partial charge in [0.05, 0.1) is 6.54 Å². The molecule has 0 aliphatic carbocycles. The summed E-state index contributed by atoms with van der Waals surface area (Å²) in [4.78, 5) is 13.0. The van der Waals surface area contributed by atoms with Gasteiger partial charge in [-0.15, -0.1) is 0 Å². The van der Waals surface area contributed by atoms with Crippen LogP contribution in [-0.4, -0.2) is 37.0 Å². The molecule has 1 saturated heterocycles. The number of carbonyl (C=O) groups is 1. The zero-order valence-corrected chi connectivity index (χ0v) is 8.39. The highest BCUT2D eigenvalue weighted by molar-refractivity contribution is 5.78. The Kier molecular flexibility index (Phi) is 6.76. The third kappa shape index (κ3) is 4.34. The Balaban J connectivity index is 0.000000561. The van der Waals surface area contributed by atoms with Crippen molar-refractivity contribution >= 4 is 5.91 Å². The summed E-state index contributed by atoms with van der Waals surface area (Å²) in [5.41, 5.74) is 0. The van der Waals surface area contributed by atoms with Crippen molar-refractivity contribution in [3.63, 3.8) is 0 Å². The van der Waals surface area contributed by atoms with Gasteiger partial charge in [0.2, 0.25) is 5.91 Å². The van der Waals surface area contributed by atoms with Crippen molar-refractivity contribution in [2.75, 3.05) is 26.2 Å². The van der Waals surface area contributed by atoms with Gasteiger partial charge in [-0.1, -0.05) is 20.8 Å². The van der Waals surface area contributed by atoms with E-state index in [1.54, 1.807) is 0 Å². The fourth-order valence-corrected chi connectivity index (χ4v) is 1.20. The number of piperazine rings is 1. The standard InChI is InChI=1S/C7H14N2O.C2H6/c1-2-4-9-5-3-8-7(10)6-9;1-2/h2-6H2,1H3,(H,8,10);1-2H3. The second kappa shape index (κ2) is 7.10. The van der Waals surface area contributed by atoms with E-state index in [0.717, 1.165) is 26.1 Å². The Morgan fingerprint density at radius 2 is 2.17 bits per heavy atom. The number of hydrogen-bond donors (Lipinski definition) is 1. The van der Waals surface area contributed by atoms with Gasteiger partial charge in [-0.05, 0) is 13.0 Å². The topological polar surface area (TPSA) is 32.3 Å². The average molecular weight is 172 g/mol. The fourth-order valence-electron chi connectivity index (χ4n) is 1.20. The Hall–Kier alpha value is -0.570. The number of nitrogens with one attached hydrogen (secondary N) is 1. The quantitative estimate of drug-likeness (QED) is 0.670. The first-order chi connectivity index (χ1) is 5.83. The normalized spacial score (nSPS) is 17.8. The monoisotopic (exact) mass is 172 g/mol. The molecule has 1 aliphatic heterocycles. The van der Waals surface area contributed by atoms with Crippen LogP contribution in [0.3, 0.4) is 0 Å². The maximum Gasteiger partial charge on any atom is 0.234 e. The van der Waals surface area contributed by atoms with Crippen molar-refractivity contribution in [3.05, 3.63) is 0 Å². The second-order valence-corrected chi connectivity index (χ2v) is 2.63. The molecule has 1 amide bonds. The highest BCUT2D eigenvalue weighted by Gasteiger charge is 2.13. The van der Waals surface area contributed by atoms with Gasteiger partial charge in [0.15, 0.2) is 0 Å². The number of rotatable bonds is 2. The van der Waals surface area contributed by atoms with Gasteiger partial charge in [-0.25, -0.2) is 0 Å². The van der Waals surface area contributed by atoms with Crippen LogP contribution in [0.1, 0.15) is 27.2 Å². The third-order valence-electron chi connectivity index (χ3n) is 1.66. The molecule has 1 aliphatic rings. The lowest BCUT2D eigenvalue weighted by Gasteiger charge is -2.25. The first-order valence-corrected chi connectivity index (χ1v) is 4.82. The molecule has 0 bridgehead atoms. The van der Waals surface area contributed by atoms with E-state index < -0.39 is 0 Å². The molecule has 0 aromatic carbocycles. The molecule has 1 heterocycles. The Morgan fingerprint density at radius 3 is 2.67 bits per heavy atom. The van der Waals surface area contributed by atoms with Crippen LogP contribution < -0.4 is 5.32 Å². The molecule has 0 radical (unpaired) electrons. The van der Waals surface area contributed by atoms with Gasteiger partial charge < -0.3 is 5.32 Å². The molecule has 0 aromatic rings. The summed E-state index contributed by atoms with van der Waals surface area (Å²) in [5.74, 6) is 0.166. The molecular weight excluding hydrogens is 152 g/mol. The van der Waals surface area contributed by atoms with E-state index >= 15 is 0 Å². The van der Waals surface area contributed by atoms with Crippen molar-refractivity contribution in [2.24, 2.45) is 0 Å². The van der Waals surface area contributed by atoms with E-state index in [1.807, 2.05) is 13.8 Å². The molecule has 1 fully saturated rings. The van der Waals surface area contributed by atoms with Gasteiger partial charge in [-0.3, -0.25) is 9.69 Å². The van der Waals surface area contributed by atoms with Crippen LogP contribution in [0.25, 0.3) is 0 Å². The summed E-state index contributed by atoms with van der Waals surface area (Å²) in [7, 11) is 0. The summed E-state index contributed by atoms with van der Waals surface area (Å²) in [6, 6.07) is 0. The van der Waals surface area contributed by atoms with Crippen molar-refractivity contribution in [1.82, 2.24) is 10.2 Å². The highest BCUT2D eigenvalue weighted by atomic mass is 16.2. The van der Waals surface area contributed by atoms with E-state index in [2.05, 4.69) is 17.1 Å². The largest absolute Gasteiger partial charge is 0.354 e. The van der Waals surface area contributed by atoms with Gasteiger partial charge >= 0.3 is 0 Å². The van der Waals surface area contributed by atoms with Crippen LogP contribution in [0, 0.1) is 0 Å². The predicted molar refractivity (Wildman–Crippen MR) is 51.1 cm³/mol. The zero-order valence-electron chi connectivity index (χ0n) is 8.39. The Bertz CT molecular complexity index is 124. The summed E-state index contributed by atoms with van der Waals surface area (Å²) in [6.45, 7) is 9.60. The smallest absolute Gasteiger partial charge is 0.234 e. The van der Waals surface area contributed by atoms with Gasteiger partial charge in [0.1, 0.15) is 0 Å². The molecule has 1 rings (SSSR count). The summed E-state index contributed by atoms with van der Waals surface area (Å²) < 4.78 is 0. The van der Waals surface area contributed by atoms with Crippen molar-refractivity contribution < 1.29 is 4.79 Å². The SMILES string of the molecule is CC.CCCN1CCNC(=O)C1. The fraction of sp³-hybridized carbons (Fsp3) is 0.889. The average Bonchev–Trinajstić information content (AvgIpc) is 2.09. The van der Waals surface area contributed by atoms with Gasteiger partial charge in [0.25, 0.3) is 0 Å². The molecule has 0 spiro atoms. The van der Waals surface area contributed by atoms with Crippen molar-refractivity contribution in [1.29, 1.82) is 0 Å². The Morgan fingerprint density at radius 1 is 1.50 bits per heavy atom. The molecule has 12 heavy (non-hydrogen) atoms. The lowest BCUT2D eigenvalue weighted by molar-refractivity contribution is -0.124. The summed E-state index contributed by atoms with van der Waals surface area (Å²) in [5, 5.41) is 2.79. The summed E-state index contributed by atoms with van der Waals surface area (Å²) >= 11 is 0. The van der Waals surface area contributed by atoms with Crippen LogP contribution >= 0.6 is 0 Å². The molecule has 0 saturated carbocycles. The maximum atomic E-state index is 10.8. The minimum absolute atomic E-state index is 0.166. The second-order valence-electron chi connectivity index (χ2n) is 2.63. The predicted octanol–water partition coefficient (Wildman–Crippen LogP) is 0.854. The molecule has 1 N–H and O–H groups in total. The number of hydrogen-bond acceptors (Lipinski definition) is 2. The van der Waals surface area contributed by atoms with Crippen molar-refractivity contribution in [2.45, 2.75) is 27.2 Å². The van der Waals surface area contributed by atoms with Crippen LogP contribution in [0.2, 0.25) is 0 Å². The first kappa shape index (κ1) is 11.4. The minimum atomic E-state index is 0.166. The zero-order chi connectivity index (χ0) is 9.40. The minimum Gasteiger partial charge on any atom is -0.354 e. The molecule has 0 atom stereocenters. The Labute approximate surface area is 75.1 Å².